The highest BCUT2D eigenvalue weighted by Crippen LogP contribution is 2.48. The number of allylic oxidation sites excluding steroid dienone is 2. The summed E-state index contributed by atoms with van der Waals surface area (Å²) in [5.41, 5.74) is 1.81. The Hall–Kier alpha value is -2.63. The number of carboxylic acids is 1. The average Bonchev–Trinajstić information content (AvgIpc) is 3.37. The molecule has 0 unspecified atom stereocenters. The number of nitrogens with zero attached hydrogens (tertiary/aromatic N) is 1. The number of fused-ring (bicyclic) bond motifs is 2. The molecule has 6 nitrogen and oxygen atoms in total. The molecule has 5 atom stereocenters. The number of carboxylic acid groups (broad SMARTS) is 1. The van der Waals surface area contributed by atoms with Crippen molar-refractivity contribution < 1.29 is 19.5 Å². The standard InChI is InChI=1S/C21H24N2O4/c1-12(13-6-8-16(9-7-13)23-10-2-3-17(23)24)22-20(25)18-14-4-5-15(11-14)19(18)21(26)27/h4-9,12,14-15,18-19H,2-3,10-11H2,1H3,(H,22,25)(H,26,27)/t12-,14-,15-,18+,19+/m0/s1. The smallest absolute Gasteiger partial charge is 0.307 e. The highest BCUT2D eigenvalue weighted by molar-refractivity contribution is 5.95. The van der Waals surface area contributed by atoms with Crippen LogP contribution >= 0.6 is 0 Å². The Bertz CT molecular complexity index is 801. The zero-order valence-electron chi connectivity index (χ0n) is 15.3. The van der Waals surface area contributed by atoms with Gasteiger partial charge in [-0.05, 0) is 49.3 Å². The quantitative estimate of drug-likeness (QED) is 0.782. The minimum absolute atomic E-state index is 0.0202. The van der Waals surface area contributed by atoms with E-state index in [4.69, 9.17) is 0 Å². The van der Waals surface area contributed by atoms with E-state index < -0.39 is 17.8 Å². The summed E-state index contributed by atoms with van der Waals surface area (Å²) >= 11 is 0. The second-order valence-electron chi connectivity index (χ2n) is 7.81. The van der Waals surface area contributed by atoms with E-state index in [9.17, 15) is 19.5 Å². The lowest BCUT2D eigenvalue weighted by molar-refractivity contribution is -0.148. The third-order valence-electron chi connectivity index (χ3n) is 6.18. The minimum Gasteiger partial charge on any atom is -0.481 e. The van der Waals surface area contributed by atoms with Crippen LogP contribution in [0.25, 0.3) is 0 Å². The highest BCUT2D eigenvalue weighted by atomic mass is 16.4. The molecular formula is C21H24N2O4. The van der Waals surface area contributed by atoms with Gasteiger partial charge in [0.25, 0.3) is 0 Å². The zero-order valence-corrected chi connectivity index (χ0v) is 15.3. The van der Waals surface area contributed by atoms with Gasteiger partial charge in [-0.2, -0.15) is 0 Å². The van der Waals surface area contributed by atoms with E-state index in [2.05, 4.69) is 5.32 Å². The lowest BCUT2D eigenvalue weighted by atomic mass is 9.82. The third kappa shape index (κ3) is 3.13. The fourth-order valence-electron chi connectivity index (χ4n) is 4.77. The normalized spacial score (nSPS) is 30.0. The van der Waals surface area contributed by atoms with Crippen molar-refractivity contribution in [3.05, 3.63) is 42.0 Å². The van der Waals surface area contributed by atoms with Crippen LogP contribution in [0.15, 0.2) is 36.4 Å². The topological polar surface area (TPSA) is 86.7 Å². The van der Waals surface area contributed by atoms with Crippen LogP contribution in [0.4, 0.5) is 5.69 Å². The molecule has 2 bridgehead atoms. The van der Waals surface area contributed by atoms with Gasteiger partial charge in [0, 0.05) is 18.7 Å². The predicted molar refractivity (Wildman–Crippen MR) is 99.9 cm³/mol. The van der Waals surface area contributed by atoms with Gasteiger partial charge in [-0.15, -0.1) is 0 Å². The molecule has 1 saturated carbocycles. The molecule has 0 spiro atoms. The first-order valence-corrected chi connectivity index (χ1v) is 9.57. The fourth-order valence-corrected chi connectivity index (χ4v) is 4.77. The first-order valence-electron chi connectivity index (χ1n) is 9.57. The summed E-state index contributed by atoms with van der Waals surface area (Å²) < 4.78 is 0. The average molecular weight is 368 g/mol. The molecule has 1 saturated heterocycles. The van der Waals surface area contributed by atoms with Crippen LogP contribution < -0.4 is 10.2 Å². The summed E-state index contributed by atoms with van der Waals surface area (Å²) in [6.07, 6.45) is 6.16. The summed E-state index contributed by atoms with van der Waals surface area (Å²) in [7, 11) is 0. The van der Waals surface area contributed by atoms with Gasteiger partial charge >= 0.3 is 5.97 Å². The third-order valence-corrected chi connectivity index (χ3v) is 6.18. The zero-order chi connectivity index (χ0) is 19.1. The molecule has 1 heterocycles. The number of benzene rings is 1. The summed E-state index contributed by atoms with van der Waals surface area (Å²) in [6.45, 7) is 2.64. The van der Waals surface area contributed by atoms with Gasteiger partial charge in [0.2, 0.25) is 11.8 Å². The summed E-state index contributed by atoms with van der Waals surface area (Å²) in [6, 6.07) is 7.42. The van der Waals surface area contributed by atoms with Crippen LogP contribution in [0.3, 0.4) is 0 Å². The Morgan fingerprint density at radius 3 is 2.41 bits per heavy atom. The molecule has 6 heteroatoms. The molecule has 1 aliphatic heterocycles. The number of hydrogen-bond donors (Lipinski definition) is 2. The van der Waals surface area contributed by atoms with Crippen molar-refractivity contribution in [1.82, 2.24) is 5.32 Å². The van der Waals surface area contributed by atoms with Crippen LogP contribution in [-0.4, -0.2) is 29.4 Å². The van der Waals surface area contributed by atoms with Crippen LogP contribution in [0.5, 0.6) is 0 Å². The maximum Gasteiger partial charge on any atom is 0.307 e. The van der Waals surface area contributed by atoms with Gasteiger partial charge in [-0.25, -0.2) is 0 Å². The highest BCUT2D eigenvalue weighted by Gasteiger charge is 2.51. The van der Waals surface area contributed by atoms with Gasteiger partial charge in [-0.3, -0.25) is 14.4 Å². The summed E-state index contributed by atoms with van der Waals surface area (Å²) in [5.74, 6) is -2.07. The lowest BCUT2D eigenvalue weighted by Crippen LogP contribution is -2.41. The Labute approximate surface area is 158 Å². The number of amides is 2. The fraction of sp³-hybridized carbons (Fsp3) is 0.476. The maximum atomic E-state index is 12.8. The Balaban J connectivity index is 1.43. The van der Waals surface area contributed by atoms with E-state index in [1.54, 1.807) is 4.90 Å². The van der Waals surface area contributed by atoms with Crippen molar-refractivity contribution in [2.75, 3.05) is 11.4 Å². The first kappa shape index (κ1) is 17.8. The van der Waals surface area contributed by atoms with Crippen molar-refractivity contribution in [3.63, 3.8) is 0 Å². The molecule has 4 rings (SSSR count). The molecule has 27 heavy (non-hydrogen) atoms. The molecule has 1 aromatic rings. The molecule has 2 N–H and O–H groups in total. The molecule has 1 aromatic carbocycles. The van der Waals surface area contributed by atoms with Gasteiger partial charge < -0.3 is 15.3 Å². The van der Waals surface area contributed by atoms with E-state index in [0.717, 1.165) is 30.6 Å². The number of aliphatic carboxylic acids is 1. The van der Waals surface area contributed by atoms with Crippen LogP contribution in [-0.2, 0) is 14.4 Å². The number of hydrogen-bond acceptors (Lipinski definition) is 3. The van der Waals surface area contributed by atoms with E-state index in [1.807, 2.05) is 43.3 Å². The Kier molecular flexibility index (Phi) is 4.50. The number of carbonyl (C=O) groups excluding carboxylic acids is 2. The monoisotopic (exact) mass is 368 g/mol. The van der Waals surface area contributed by atoms with Crippen molar-refractivity contribution in [2.24, 2.45) is 23.7 Å². The molecule has 2 aliphatic carbocycles. The predicted octanol–water partition coefficient (Wildman–Crippen LogP) is 2.51. The van der Waals surface area contributed by atoms with E-state index in [1.165, 1.54) is 0 Å². The maximum absolute atomic E-state index is 12.8. The largest absolute Gasteiger partial charge is 0.481 e. The second kappa shape index (κ2) is 6.83. The van der Waals surface area contributed by atoms with E-state index in [0.29, 0.717) is 6.42 Å². The second-order valence-corrected chi connectivity index (χ2v) is 7.81. The van der Waals surface area contributed by atoms with Crippen LogP contribution in [0, 0.1) is 23.7 Å². The molecule has 3 aliphatic rings. The van der Waals surface area contributed by atoms with Crippen molar-refractivity contribution in [2.45, 2.75) is 32.2 Å². The van der Waals surface area contributed by atoms with Crippen molar-refractivity contribution in [1.29, 1.82) is 0 Å². The van der Waals surface area contributed by atoms with Gasteiger partial charge in [0.15, 0.2) is 0 Å². The molecule has 0 aromatic heterocycles. The molecule has 2 fully saturated rings. The summed E-state index contributed by atoms with van der Waals surface area (Å²) in [4.78, 5) is 38.0. The van der Waals surface area contributed by atoms with E-state index >= 15 is 0 Å². The van der Waals surface area contributed by atoms with Gasteiger partial charge in [-0.1, -0.05) is 24.3 Å². The van der Waals surface area contributed by atoms with Crippen molar-refractivity contribution in [3.8, 4) is 0 Å². The Morgan fingerprint density at radius 2 is 1.81 bits per heavy atom. The molecule has 2 amide bonds. The number of carbonyl (C=O) groups is 3. The molecule has 142 valence electrons. The number of rotatable bonds is 5. The first-order chi connectivity index (χ1) is 13.0. The van der Waals surface area contributed by atoms with Gasteiger partial charge in [0.05, 0.1) is 17.9 Å². The Morgan fingerprint density at radius 1 is 1.15 bits per heavy atom. The lowest BCUT2D eigenvalue weighted by Gasteiger charge is -2.26. The van der Waals surface area contributed by atoms with Gasteiger partial charge in [0.1, 0.15) is 0 Å². The molecule has 0 radical (unpaired) electrons. The van der Waals surface area contributed by atoms with Crippen LogP contribution in [0.1, 0.15) is 37.8 Å². The summed E-state index contributed by atoms with van der Waals surface area (Å²) in [5, 5.41) is 12.5. The van der Waals surface area contributed by atoms with E-state index in [-0.39, 0.29) is 29.7 Å². The number of anilines is 1. The van der Waals surface area contributed by atoms with Crippen LogP contribution in [0.2, 0.25) is 0 Å². The minimum atomic E-state index is -0.890. The SMILES string of the molecule is C[C@H](NC(=O)[C@H]1[C@H](C(=O)O)[C@H]2C=C[C@H]1C2)c1ccc(N2CCCC2=O)cc1. The molecular weight excluding hydrogens is 344 g/mol. The number of nitrogens with one attached hydrogen (secondary N) is 1. The van der Waals surface area contributed by atoms with Crippen molar-refractivity contribution >= 4 is 23.5 Å².